The Bertz CT molecular complexity index is 992. The molecule has 5 heteroatoms. The molecule has 5 rings (SSSR count). The van der Waals surface area contributed by atoms with E-state index in [0.717, 1.165) is 25.9 Å². The highest BCUT2D eigenvalue weighted by atomic mass is 32.1. The van der Waals surface area contributed by atoms with Gasteiger partial charge in [0.25, 0.3) is 0 Å². The van der Waals surface area contributed by atoms with Crippen LogP contribution in [-0.4, -0.2) is 34.7 Å². The summed E-state index contributed by atoms with van der Waals surface area (Å²) in [6.07, 6.45) is 1.92. The molecular formula is C25H25NO3S. The molecule has 30 heavy (non-hydrogen) atoms. The quantitative estimate of drug-likeness (QED) is 0.609. The smallest absolute Gasteiger partial charge is 0.348 e. The van der Waals surface area contributed by atoms with Crippen LogP contribution >= 0.6 is 11.3 Å². The summed E-state index contributed by atoms with van der Waals surface area (Å²) in [6, 6.07) is 23.4. The maximum atomic E-state index is 13.4. The minimum Gasteiger partial charge on any atom is -0.458 e. The first-order valence-corrected chi connectivity index (χ1v) is 11.3. The van der Waals surface area contributed by atoms with Crippen LogP contribution in [0, 0.1) is 5.92 Å². The lowest BCUT2D eigenvalue weighted by atomic mass is 9.92. The summed E-state index contributed by atoms with van der Waals surface area (Å²) in [5.41, 5.74) is 0.0419. The van der Waals surface area contributed by atoms with Crippen LogP contribution in [0.4, 0.5) is 0 Å². The van der Waals surface area contributed by atoms with Crippen LogP contribution in [-0.2, 0) is 21.7 Å². The fourth-order valence-electron chi connectivity index (χ4n) is 4.96. The average molecular weight is 420 g/mol. The Kier molecular flexibility index (Phi) is 5.19. The first kappa shape index (κ1) is 19.5. The lowest BCUT2D eigenvalue weighted by Gasteiger charge is -2.29. The zero-order chi connectivity index (χ0) is 20.6. The Balaban J connectivity index is 1.37. The van der Waals surface area contributed by atoms with Gasteiger partial charge < -0.3 is 9.84 Å². The van der Waals surface area contributed by atoms with Crippen molar-refractivity contribution in [1.29, 1.82) is 0 Å². The van der Waals surface area contributed by atoms with E-state index in [2.05, 4.69) is 29.2 Å². The van der Waals surface area contributed by atoms with E-state index in [4.69, 9.17) is 4.74 Å². The largest absolute Gasteiger partial charge is 0.458 e. The minimum atomic E-state index is -1.78. The predicted molar refractivity (Wildman–Crippen MR) is 117 cm³/mol. The van der Waals surface area contributed by atoms with Gasteiger partial charge >= 0.3 is 5.97 Å². The number of carbonyl (C=O) groups is 1. The number of likely N-dealkylation sites (tertiary alicyclic amines) is 1. The Morgan fingerprint density at radius 1 is 1.03 bits per heavy atom. The van der Waals surface area contributed by atoms with Crippen molar-refractivity contribution < 1.29 is 14.6 Å². The monoisotopic (exact) mass is 419 g/mol. The third-order valence-electron chi connectivity index (χ3n) is 6.45. The zero-order valence-electron chi connectivity index (χ0n) is 16.7. The van der Waals surface area contributed by atoms with Gasteiger partial charge in [-0.15, -0.1) is 11.3 Å². The highest BCUT2D eigenvalue weighted by Gasteiger charge is 2.52. The summed E-state index contributed by atoms with van der Waals surface area (Å²) in [5.74, 6) is -0.245. The Labute approximate surface area is 180 Å². The number of carbonyl (C=O) groups excluding carboxylic acids is 1. The van der Waals surface area contributed by atoms with Gasteiger partial charge in [-0.05, 0) is 29.9 Å². The van der Waals surface area contributed by atoms with Gasteiger partial charge in [-0.1, -0.05) is 66.7 Å². The molecule has 1 N–H and O–H groups in total. The molecule has 2 bridgehead atoms. The third-order valence-corrected chi connectivity index (χ3v) is 7.43. The molecule has 1 saturated heterocycles. The first-order valence-electron chi connectivity index (χ1n) is 10.5. The summed E-state index contributed by atoms with van der Waals surface area (Å²) in [5, 5.41) is 13.5. The summed E-state index contributed by atoms with van der Waals surface area (Å²) in [6.45, 7) is 1.80. The molecule has 0 spiro atoms. The van der Waals surface area contributed by atoms with Gasteiger partial charge in [0.15, 0.2) is 0 Å². The van der Waals surface area contributed by atoms with Crippen molar-refractivity contribution >= 4 is 17.3 Å². The number of nitrogens with zero attached hydrogens (tertiary/aromatic N) is 1. The molecule has 2 heterocycles. The van der Waals surface area contributed by atoms with Crippen molar-refractivity contribution in [1.82, 2.24) is 4.90 Å². The molecule has 1 aliphatic heterocycles. The van der Waals surface area contributed by atoms with E-state index in [1.54, 1.807) is 18.2 Å². The number of piperidine rings is 1. The molecule has 2 fully saturated rings. The predicted octanol–water partition coefficient (Wildman–Crippen LogP) is 4.19. The normalized spacial score (nSPS) is 25.2. The molecule has 4 atom stereocenters. The van der Waals surface area contributed by atoms with Crippen LogP contribution in [0.15, 0.2) is 78.2 Å². The van der Waals surface area contributed by atoms with Crippen molar-refractivity contribution in [3.8, 4) is 0 Å². The van der Waals surface area contributed by atoms with Crippen LogP contribution < -0.4 is 0 Å². The van der Waals surface area contributed by atoms with Gasteiger partial charge in [0.2, 0.25) is 5.60 Å². The summed E-state index contributed by atoms with van der Waals surface area (Å²) < 4.78 is 6.09. The van der Waals surface area contributed by atoms with E-state index in [-0.39, 0.29) is 12.1 Å². The second-order valence-electron chi connectivity index (χ2n) is 8.24. The SMILES string of the molecule is O=C(OC1C2CCC1N(Cc1ccccc1)C2)C(O)(c1ccccc1)c1cccs1. The van der Waals surface area contributed by atoms with Crippen LogP contribution in [0.25, 0.3) is 0 Å². The van der Waals surface area contributed by atoms with Gasteiger partial charge in [0.1, 0.15) is 6.10 Å². The molecule has 0 amide bonds. The van der Waals surface area contributed by atoms with Crippen molar-refractivity contribution in [2.45, 2.75) is 37.1 Å². The lowest BCUT2D eigenvalue weighted by molar-refractivity contribution is -0.169. The van der Waals surface area contributed by atoms with Crippen molar-refractivity contribution in [3.63, 3.8) is 0 Å². The first-order chi connectivity index (χ1) is 14.7. The Morgan fingerprint density at radius 3 is 2.47 bits per heavy atom. The number of benzene rings is 2. The van der Waals surface area contributed by atoms with Crippen molar-refractivity contribution in [2.24, 2.45) is 5.92 Å². The summed E-state index contributed by atoms with van der Waals surface area (Å²) in [7, 11) is 0. The van der Waals surface area contributed by atoms with Crippen molar-refractivity contribution in [3.05, 3.63) is 94.2 Å². The zero-order valence-corrected chi connectivity index (χ0v) is 17.5. The number of ether oxygens (including phenoxy) is 1. The number of aliphatic hydroxyl groups is 1. The van der Waals surface area contributed by atoms with Crippen molar-refractivity contribution in [2.75, 3.05) is 6.54 Å². The molecule has 154 valence electrons. The van der Waals surface area contributed by atoms with Crippen LogP contribution in [0.1, 0.15) is 28.8 Å². The summed E-state index contributed by atoms with van der Waals surface area (Å²) >= 11 is 1.37. The fourth-order valence-corrected chi connectivity index (χ4v) is 5.79. The highest BCUT2D eigenvalue weighted by Crippen LogP contribution is 2.42. The van der Waals surface area contributed by atoms with Crippen LogP contribution in [0.2, 0.25) is 0 Å². The minimum absolute atomic E-state index is 0.170. The second-order valence-corrected chi connectivity index (χ2v) is 9.19. The maximum Gasteiger partial charge on any atom is 0.348 e. The molecule has 1 aliphatic carbocycles. The van der Waals surface area contributed by atoms with E-state index >= 15 is 0 Å². The molecule has 1 saturated carbocycles. The van der Waals surface area contributed by atoms with E-state index in [9.17, 15) is 9.90 Å². The molecule has 4 nitrogen and oxygen atoms in total. The van der Waals surface area contributed by atoms with Gasteiger partial charge in [-0.3, -0.25) is 4.90 Å². The summed E-state index contributed by atoms with van der Waals surface area (Å²) in [4.78, 5) is 16.4. The number of fused-ring (bicyclic) bond motifs is 2. The van der Waals surface area contributed by atoms with Gasteiger partial charge in [-0.25, -0.2) is 4.79 Å². The molecular weight excluding hydrogens is 394 g/mol. The molecule has 2 aliphatic rings. The molecule has 4 unspecified atom stereocenters. The number of rotatable bonds is 6. The Hall–Kier alpha value is -2.47. The molecule has 1 aromatic heterocycles. The second kappa shape index (κ2) is 7.99. The topological polar surface area (TPSA) is 49.8 Å². The van der Waals surface area contributed by atoms with E-state index in [0.29, 0.717) is 16.4 Å². The molecule has 2 aromatic carbocycles. The Morgan fingerprint density at radius 2 is 1.77 bits per heavy atom. The number of thiophene rings is 1. The third kappa shape index (κ3) is 3.37. The van der Waals surface area contributed by atoms with Gasteiger partial charge in [0.05, 0.1) is 4.88 Å². The standard InChI is InChI=1S/C25H25NO3S/c27-24(25(28,22-12-7-15-30-22)20-10-5-2-6-11-20)29-23-19-13-14-21(23)26(17-19)16-18-8-3-1-4-9-18/h1-12,15,19,21,23,28H,13-14,16-17H2. The lowest BCUT2D eigenvalue weighted by Crippen LogP contribution is -2.42. The molecule has 0 radical (unpaired) electrons. The van der Waals surface area contributed by atoms with Crippen LogP contribution in [0.3, 0.4) is 0 Å². The average Bonchev–Trinajstić information content (AvgIpc) is 3.52. The van der Waals surface area contributed by atoms with E-state index < -0.39 is 11.6 Å². The number of hydrogen-bond donors (Lipinski definition) is 1. The molecule has 3 aromatic rings. The maximum absolute atomic E-state index is 13.4. The number of esters is 1. The van der Waals surface area contributed by atoms with Crippen LogP contribution in [0.5, 0.6) is 0 Å². The van der Waals surface area contributed by atoms with E-state index in [1.807, 2.05) is 35.7 Å². The van der Waals surface area contributed by atoms with E-state index in [1.165, 1.54) is 16.9 Å². The van der Waals surface area contributed by atoms with Gasteiger partial charge in [-0.2, -0.15) is 0 Å². The fraction of sp³-hybridized carbons (Fsp3) is 0.320. The number of hydrogen-bond acceptors (Lipinski definition) is 5. The highest BCUT2D eigenvalue weighted by molar-refractivity contribution is 7.10. The van der Waals surface area contributed by atoms with Gasteiger partial charge in [0, 0.05) is 30.6 Å².